The average molecular weight is 282 g/mol. The fourth-order valence-electron chi connectivity index (χ4n) is 2.17. The molecule has 0 bridgehead atoms. The number of rotatable bonds is 8. The van der Waals surface area contributed by atoms with Gasteiger partial charge in [-0.15, -0.1) is 0 Å². The average Bonchev–Trinajstić information content (AvgIpc) is 2.41. The van der Waals surface area contributed by atoms with Crippen molar-refractivity contribution in [3.8, 4) is 5.75 Å². The predicted octanol–water partition coefficient (Wildman–Crippen LogP) is 2.37. The van der Waals surface area contributed by atoms with Crippen molar-refractivity contribution in [2.45, 2.75) is 12.8 Å². The van der Waals surface area contributed by atoms with Crippen LogP contribution in [0.1, 0.15) is 12.0 Å². The molecule has 1 fully saturated rings. The van der Waals surface area contributed by atoms with Gasteiger partial charge in [0.2, 0.25) is 0 Å². The lowest BCUT2D eigenvalue weighted by Crippen LogP contribution is -2.47. The van der Waals surface area contributed by atoms with E-state index in [1.54, 1.807) is 7.11 Å². The van der Waals surface area contributed by atoms with Crippen LogP contribution in [0.4, 0.5) is 0 Å². The van der Waals surface area contributed by atoms with Gasteiger partial charge < -0.3 is 14.6 Å². The molecule has 1 heterocycles. The lowest BCUT2D eigenvalue weighted by molar-refractivity contribution is -0.121. The molecule has 0 unspecified atom stereocenters. The number of methoxy groups -OCH3 is 1. The van der Waals surface area contributed by atoms with E-state index in [0.29, 0.717) is 13.2 Å². The lowest BCUT2D eigenvalue weighted by atomic mass is 9.90. The van der Waals surface area contributed by atoms with Crippen molar-refractivity contribution in [2.24, 2.45) is 5.41 Å². The summed E-state index contributed by atoms with van der Waals surface area (Å²) in [4.78, 5) is 0. The predicted molar refractivity (Wildman–Crippen MR) is 79.0 cm³/mol. The third kappa shape index (κ3) is 3.88. The number of aliphatic hydroxyl groups excluding tert-OH is 1. The van der Waals surface area contributed by atoms with Crippen molar-refractivity contribution in [2.75, 3.05) is 38.4 Å². The summed E-state index contributed by atoms with van der Waals surface area (Å²) in [6.07, 6.45) is 2.17. The second-order valence-corrected chi connectivity index (χ2v) is 6.22. The van der Waals surface area contributed by atoms with Crippen LogP contribution < -0.4 is 4.74 Å². The maximum Gasteiger partial charge on any atom is 0.122 e. The fourth-order valence-corrected chi connectivity index (χ4v) is 3.36. The Hall–Kier alpha value is -0.710. The highest BCUT2D eigenvalue weighted by Gasteiger charge is 2.37. The van der Waals surface area contributed by atoms with Gasteiger partial charge in [0.15, 0.2) is 0 Å². The van der Waals surface area contributed by atoms with Crippen molar-refractivity contribution in [3.05, 3.63) is 29.8 Å². The Labute approximate surface area is 119 Å². The summed E-state index contributed by atoms with van der Waals surface area (Å²) in [6, 6.07) is 8.18. The minimum atomic E-state index is 0.0368. The van der Waals surface area contributed by atoms with Crippen LogP contribution in [-0.2, 0) is 11.2 Å². The topological polar surface area (TPSA) is 38.7 Å². The molecular weight excluding hydrogens is 260 g/mol. The summed E-state index contributed by atoms with van der Waals surface area (Å²) in [5.41, 5.74) is 1.31. The molecule has 1 aliphatic heterocycles. The molecule has 0 radical (unpaired) electrons. The zero-order valence-corrected chi connectivity index (χ0v) is 12.2. The zero-order valence-electron chi connectivity index (χ0n) is 11.4. The van der Waals surface area contributed by atoms with Crippen molar-refractivity contribution < 1.29 is 14.6 Å². The van der Waals surface area contributed by atoms with E-state index in [-0.39, 0.29) is 12.0 Å². The third-order valence-electron chi connectivity index (χ3n) is 3.49. The highest BCUT2D eigenvalue weighted by atomic mass is 32.2. The molecule has 0 atom stereocenters. The number of hydrogen-bond acceptors (Lipinski definition) is 4. The van der Waals surface area contributed by atoms with Gasteiger partial charge in [-0.3, -0.25) is 0 Å². The first-order valence-corrected chi connectivity index (χ1v) is 7.83. The lowest BCUT2D eigenvalue weighted by Gasteiger charge is -2.39. The van der Waals surface area contributed by atoms with E-state index < -0.39 is 0 Å². The summed E-state index contributed by atoms with van der Waals surface area (Å²) in [6.45, 7) is 1.67. The van der Waals surface area contributed by atoms with Gasteiger partial charge >= 0.3 is 0 Å². The number of aryl methyl sites for hydroxylation is 1. The van der Waals surface area contributed by atoms with Crippen molar-refractivity contribution in [3.63, 3.8) is 0 Å². The van der Waals surface area contributed by atoms with Gasteiger partial charge in [-0.1, -0.05) is 18.2 Å². The van der Waals surface area contributed by atoms with Crippen LogP contribution in [0.25, 0.3) is 0 Å². The van der Waals surface area contributed by atoms with E-state index in [2.05, 4.69) is 12.1 Å². The number of ether oxygens (including phenoxy) is 2. The number of aliphatic hydroxyl groups is 1. The number of thioether (sulfide) groups is 1. The third-order valence-corrected chi connectivity index (χ3v) is 4.88. The molecule has 0 aromatic heterocycles. The normalized spacial score (nSPS) is 16.9. The molecule has 0 spiro atoms. The zero-order chi connectivity index (χ0) is 13.6. The van der Waals surface area contributed by atoms with Gasteiger partial charge in [0.1, 0.15) is 5.75 Å². The Morgan fingerprint density at radius 1 is 1.37 bits per heavy atom. The van der Waals surface area contributed by atoms with Gasteiger partial charge in [0, 0.05) is 11.2 Å². The largest absolute Gasteiger partial charge is 0.496 e. The van der Waals surface area contributed by atoms with Crippen LogP contribution in [0.5, 0.6) is 5.75 Å². The summed E-state index contributed by atoms with van der Waals surface area (Å²) >= 11 is 1.91. The molecule has 1 aromatic carbocycles. The van der Waals surface area contributed by atoms with Crippen LogP contribution >= 0.6 is 11.8 Å². The second-order valence-electron chi connectivity index (χ2n) is 5.12. The molecule has 0 aliphatic carbocycles. The Morgan fingerprint density at radius 2 is 2.16 bits per heavy atom. The van der Waals surface area contributed by atoms with Crippen molar-refractivity contribution >= 4 is 11.8 Å². The van der Waals surface area contributed by atoms with Gasteiger partial charge in [-0.2, -0.15) is 11.8 Å². The number of para-hydroxylation sites is 1. The molecule has 3 nitrogen and oxygen atoms in total. The maximum absolute atomic E-state index is 9.33. The minimum absolute atomic E-state index is 0.0368. The second kappa shape index (κ2) is 7.17. The molecule has 1 N–H and O–H groups in total. The van der Waals surface area contributed by atoms with E-state index in [9.17, 15) is 5.11 Å². The molecule has 0 saturated carbocycles. The summed E-state index contributed by atoms with van der Waals surface area (Å²) in [5, 5.41) is 9.33. The smallest absolute Gasteiger partial charge is 0.122 e. The minimum Gasteiger partial charge on any atom is -0.496 e. The van der Waals surface area contributed by atoms with Crippen LogP contribution in [-0.4, -0.2) is 43.5 Å². The van der Waals surface area contributed by atoms with Crippen molar-refractivity contribution in [1.82, 2.24) is 0 Å². The van der Waals surface area contributed by atoms with E-state index in [4.69, 9.17) is 9.47 Å². The van der Waals surface area contributed by atoms with E-state index in [1.165, 1.54) is 5.56 Å². The molecule has 106 valence electrons. The van der Waals surface area contributed by atoms with Crippen LogP contribution in [0, 0.1) is 5.41 Å². The Kier molecular flexibility index (Phi) is 5.55. The first-order valence-electron chi connectivity index (χ1n) is 6.68. The highest BCUT2D eigenvalue weighted by molar-refractivity contribution is 7.99. The molecular formula is C15H22O3S. The van der Waals surface area contributed by atoms with Gasteiger partial charge in [0.25, 0.3) is 0 Å². The Morgan fingerprint density at radius 3 is 2.79 bits per heavy atom. The summed E-state index contributed by atoms with van der Waals surface area (Å²) < 4.78 is 10.5. The van der Waals surface area contributed by atoms with Crippen LogP contribution in [0.3, 0.4) is 0 Å². The Bertz CT molecular complexity index is 385. The van der Waals surface area contributed by atoms with Crippen molar-refractivity contribution in [1.29, 1.82) is 0 Å². The van der Waals surface area contributed by atoms with Gasteiger partial charge in [0.05, 0.1) is 26.9 Å². The molecule has 19 heavy (non-hydrogen) atoms. The first kappa shape index (κ1) is 14.7. The molecule has 0 amide bonds. The Balaban J connectivity index is 1.66. The fraction of sp³-hybridized carbons (Fsp3) is 0.600. The summed E-state index contributed by atoms with van der Waals surface area (Å²) in [5.74, 6) is 3.08. The van der Waals surface area contributed by atoms with E-state index in [1.807, 2.05) is 23.9 Å². The van der Waals surface area contributed by atoms with Gasteiger partial charge in [-0.05, 0) is 30.2 Å². The monoisotopic (exact) mass is 282 g/mol. The standard InChI is InChI=1S/C15H22O3S/c1-17-14-7-3-2-5-13(14)6-4-8-19-12-15(9-16)10-18-11-15/h2-3,5,7,16H,4,6,8-12H2,1H3. The molecule has 1 saturated heterocycles. The molecule has 1 aliphatic rings. The number of benzene rings is 1. The first-order chi connectivity index (χ1) is 9.29. The molecule has 2 rings (SSSR count). The maximum atomic E-state index is 9.33. The quantitative estimate of drug-likeness (QED) is 0.743. The molecule has 4 heteroatoms. The SMILES string of the molecule is COc1ccccc1CCCSCC1(CO)COC1. The molecule has 1 aromatic rings. The van der Waals surface area contributed by atoms with E-state index in [0.717, 1.165) is 30.1 Å². The number of hydrogen-bond donors (Lipinski definition) is 1. The highest BCUT2D eigenvalue weighted by Crippen LogP contribution is 2.31. The van der Waals surface area contributed by atoms with Gasteiger partial charge in [-0.25, -0.2) is 0 Å². The van der Waals surface area contributed by atoms with Crippen LogP contribution in [0.15, 0.2) is 24.3 Å². The van der Waals surface area contributed by atoms with Crippen LogP contribution in [0.2, 0.25) is 0 Å². The van der Waals surface area contributed by atoms with E-state index >= 15 is 0 Å². The summed E-state index contributed by atoms with van der Waals surface area (Å²) in [7, 11) is 1.72.